The largest absolute Gasteiger partial charge is 0.490 e. The van der Waals surface area contributed by atoms with Gasteiger partial charge in [-0.25, -0.2) is 0 Å². The van der Waals surface area contributed by atoms with E-state index in [2.05, 4.69) is 15.2 Å². The summed E-state index contributed by atoms with van der Waals surface area (Å²) in [5, 5.41) is 8.15. The van der Waals surface area contributed by atoms with Crippen molar-refractivity contribution in [3.63, 3.8) is 0 Å². The molecule has 2 heterocycles. The number of benzene rings is 1. The highest BCUT2D eigenvalue weighted by Gasteiger charge is 2.12. The summed E-state index contributed by atoms with van der Waals surface area (Å²) in [6.45, 7) is 5.06. The summed E-state index contributed by atoms with van der Waals surface area (Å²) in [7, 11) is 0. The van der Waals surface area contributed by atoms with E-state index in [0.717, 1.165) is 17.1 Å². The lowest BCUT2D eigenvalue weighted by atomic mass is 10.1. The van der Waals surface area contributed by atoms with Gasteiger partial charge in [0.15, 0.2) is 11.5 Å². The summed E-state index contributed by atoms with van der Waals surface area (Å²) >= 11 is 0. The van der Waals surface area contributed by atoms with Crippen LogP contribution in [0.2, 0.25) is 0 Å². The van der Waals surface area contributed by atoms with E-state index < -0.39 is 0 Å². The van der Waals surface area contributed by atoms with E-state index in [1.807, 2.05) is 50.2 Å². The maximum Gasteiger partial charge on any atom is 0.266 e. The van der Waals surface area contributed by atoms with Gasteiger partial charge in [0.2, 0.25) is 5.89 Å². The Morgan fingerprint density at radius 3 is 2.54 bits per heavy atom. The molecule has 0 N–H and O–H groups in total. The van der Waals surface area contributed by atoms with E-state index in [9.17, 15) is 0 Å². The van der Waals surface area contributed by atoms with Crippen molar-refractivity contribution in [2.75, 3.05) is 13.2 Å². The van der Waals surface area contributed by atoms with Crippen LogP contribution in [0.1, 0.15) is 25.3 Å². The zero-order chi connectivity index (χ0) is 16.8. The first kappa shape index (κ1) is 16.0. The molecule has 0 fully saturated rings. The van der Waals surface area contributed by atoms with Crippen LogP contribution in [0.5, 0.6) is 11.5 Å². The highest BCUT2D eigenvalue weighted by molar-refractivity contribution is 5.46. The Hall–Kier alpha value is -2.89. The van der Waals surface area contributed by atoms with Crippen molar-refractivity contribution in [3.05, 3.63) is 54.0 Å². The molecule has 0 spiro atoms. The van der Waals surface area contributed by atoms with Crippen molar-refractivity contribution in [2.24, 2.45) is 0 Å². The van der Waals surface area contributed by atoms with Crippen molar-refractivity contribution < 1.29 is 13.9 Å². The first-order valence-electron chi connectivity index (χ1n) is 7.92. The summed E-state index contributed by atoms with van der Waals surface area (Å²) < 4.78 is 16.9. The monoisotopic (exact) mass is 325 g/mol. The molecular weight excluding hydrogens is 306 g/mol. The molecule has 0 bridgehead atoms. The predicted octanol–water partition coefficient (Wildman–Crippen LogP) is 3.52. The summed E-state index contributed by atoms with van der Waals surface area (Å²) in [6, 6.07) is 11.4. The highest BCUT2D eigenvalue weighted by atomic mass is 16.5. The maximum atomic E-state index is 5.69. The maximum absolute atomic E-state index is 5.69. The molecule has 3 aromatic rings. The Morgan fingerprint density at radius 1 is 0.958 bits per heavy atom. The van der Waals surface area contributed by atoms with Crippen molar-refractivity contribution in [3.8, 4) is 23.1 Å². The molecule has 124 valence electrons. The Bertz CT molecular complexity index is 787. The Morgan fingerprint density at radius 2 is 1.79 bits per heavy atom. The average Bonchev–Trinajstić information content (AvgIpc) is 3.07. The van der Waals surface area contributed by atoms with E-state index in [1.54, 1.807) is 6.20 Å². The van der Waals surface area contributed by atoms with Crippen LogP contribution in [0.4, 0.5) is 0 Å². The summed E-state index contributed by atoms with van der Waals surface area (Å²) in [5.74, 6) is 2.41. The SMILES string of the molecule is CCOc1ccc(Cc2nnc(-c3ccccn3)o2)cc1OCC. The topological polar surface area (TPSA) is 70.3 Å². The third-order valence-corrected chi connectivity index (χ3v) is 3.31. The van der Waals surface area contributed by atoms with Crippen LogP contribution < -0.4 is 9.47 Å². The predicted molar refractivity (Wildman–Crippen MR) is 89.1 cm³/mol. The second-order valence-corrected chi connectivity index (χ2v) is 5.04. The quantitative estimate of drug-likeness (QED) is 0.662. The number of nitrogens with zero attached hydrogens (tertiary/aromatic N) is 3. The number of hydrogen-bond donors (Lipinski definition) is 0. The lowest BCUT2D eigenvalue weighted by Gasteiger charge is -2.11. The molecule has 0 atom stereocenters. The molecule has 0 aliphatic carbocycles. The first-order valence-corrected chi connectivity index (χ1v) is 7.92. The fraction of sp³-hybridized carbons (Fsp3) is 0.278. The van der Waals surface area contributed by atoms with Gasteiger partial charge in [-0.05, 0) is 43.7 Å². The van der Waals surface area contributed by atoms with E-state index in [0.29, 0.717) is 37.1 Å². The third kappa shape index (κ3) is 3.71. The zero-order valence-corrected chi connectivity index (χ0v) is 13.7. The molecule has 24 heavy (non-hydrogen) atoms. The van der Waals surface area contributed by atoms with Crippen LogP contribution in [0.3, 0.4) is 0 Å². The Kier molecular flexibility index (Phi) is 5.05. The van der Waals surface area contributed by atoms with Gasteiger partial charge in [-0.3, -0.25) is 4.98 Å². The summed E-state index contributed by atoms with van der Waals surface area (Å²) in [5.41, 5.74) is 1.68. The van der Waals surface area contributed by atoms with Crippen LogP contribution in [-0.2, 0) is 6.42 Å². The van der Waals surface area contributed by atoms with Crippen LogP contribution in [0.25, 0.3) is 11.6 Å². The molecule has 0 saturated carbocycles. The summed E-state index contributed by atoms with van der Waals surface area (Å²) in [6.07, 6.45) is 2.21. The molecule has 1 aromatic carbocycles. The Balaban J connectivity index is 1.79. The van der Waals surface area contributed by atoms with Crippen LogP contribution in [0.15, 0.2) is 47.0 Å². The minimum Gasteiger partial charge on any atom is -0.490 e. The normalized spacial score (nSPS) is 10.6. The van der Waals surface area contributed by atoms with E-state index in [1.165, 1.54) is 0 Å². The highest BCUT2D eigenvalue weighted by Crippen LogP contribution is 2.29. The number of rotatable bonds is 7. The van der Waals surface area contributed by atoms with Crippen molar-refractivity contribution in [2.45, 2.75) is 20.3 Å². The fourth-order valence-corrected chi connectivity index (χ4v) is 2.30. The minimum atomic E-state index is 0.418. The number of ether oxygens (including phenoxy) is 2. The van der Waals surface area contributed by atoms with Crippen LogP contribution in [-0.4, -0.2) is 28.4 Å². The molecule has 0 saturated heterocycles. The molecule has 0 aliphatic rings. The molecule has 6 heteroatoms. The van der Waals surface area contributed by atoms with E-state index in [4.69, 9.17) is 13.9 Å². The lowest BCUT2D eigenvalue weighted by Crippen LogP contribution is -1.99. The van der Waals surface area contributed by atoms with Gasteiger partial charge in [0, 0.05) is 6.20 Å². The minimum absolute atomic E-state index is 0.418. The number of pyridine rings is 1. The van der Waals surface area contributed by atoms with Crippen LogP contribution in [0, 0.1) is 0 Å². The van der Waals surface area contributed by atoms with Gasteiger partial charge < -0.3 is 13.9 Å². The third-order valence-electron chi connectivity index (χ3n) is 3.31. The van der Waals surface area contributed by atoms with Crippen molar-refractivity contribution in [1.29, 1.82) is 0 Å². The van der Waals surface area contributed by atoms with Crippen molar-refractivity contribution in [1.82, 2.24) is 15.2 Å². The molecule has 0 radical (unpaired) electrons. The fourth-order valence-electron chi connectivity index (χ4n) is 2.30. The van der Waals surface area contributed by atoms with Gasteiger partial charge in [-0.2, -0.15) is 0 Å². The zero-order valence-electron chi connectivity index (χ0n) is 13.7. The molecule has 6 nitrogen and oxygen atoms in total. The molecule has 2 aromatic heterocycles. The first-order chi connectivity index (χ1) is 11.8. The average molecular weight is 325 g/mol. The molecule has 0 unspecified atom stereocenters. The van der Waals surface area contributed by atoms with Crippen LogP contribution >= 0.6 is 0 Å². The Labute approximate surface area is 140 Å². The summed E-state index contributed by atoms with van der Waals surface area (Å²) in [4.78, 5) is 4.21. The molecule has 3 rings (SSSR count). The smallest absolute Gasteiger partial charge is 0.266 e. The molecule has 0 amide bonds. The van der Waals surface area contributed by atoms with E-state index >= 15 is 0 Å². The molecule has 0 aliphatic heterocycles. The van der Waals surface area contributed by atoms with Gasteiger partial charge in [-0.15, -0.1) is 10.2 Å². The molecular formula is C18H19N3O3. The number of aromatic nitrogens is 3. The van der Waals surface area contributed by atoms with Crippen molar-refractivity contribution >= 4 is 0 Å². The second kappa shape index (κ2) is 7.59. The second-order valence-electron chi connectivity index (χ2n) is 5.04. The number of hydrogen-bond acceptors (Lipinski definition) is 6. The van der Waals surface area contributed by atoms with Gasteiger partial charge >= 0.3 is 0 Å². The van der Waals surface area contributed by atoms with E-state index in [-0.39, 0.29) is 0 Å². The van der Waals surface area contributed by atoms with Gasteiger partial charge in [-0.1, -0.05) is 12.1 Å². The lowest BCUT2D eigenvalue weighted by molar-refractivity contribution is 0.287. The van der Waals surface area contributed by atoms with Gasteiger partial charge in [0.1, 0.15) is 5.69 Å². The van der Waals surface area contributed by atoms with Gasteiger partial charge in [0.25, 0.3) is 5.89 Å². The van der Waals surface area contributed by atoms with Gasteiger partial charge in [0.05, 0.1) is 19.6 Å². The standard InChI is InChI=1S/C18H19N3O3/c1-3-22-15-9-8-13(11-16(15)23-4-2)12-17-20-21-18(24-17)14-7-5-6-10-19-14/h5-11H,3-4,12H2,1-2H3.